The molecule has 0 unspecified atom stereocenters. The molecular weight excluding hydrogens is 220 g/mol. The van der Waals surface area contributed by atoms with E-state index < -0.39 is 0 Å². The van der Waals surface area contributed by atoms with E-state index in [-0.39, 0.29) is 29.9 Å². The fraction of sp³-hybridized carbons (Fsp3) is 0.545. The predicted molar refractivity (Wildman–Crippen MR) is 63.3 cm³/mol. The molecule has 6 heteroatoms. The SMILES string of the molecule is Nc1ccc(=O)n(CC(=O)NC2CCCC2)n1. The van der Waals surface area contributed by atoms with Crippen molar-refractivity contribution in [1.29, 1.82) is 0 Å². The first-order valence-electron chi connectivity index (χ1n) is 5.78. The first-order chi connectivity index (χ1) is 8.15. The lowest BCUT2D eigenvalue weighted by atomic mass is 10.2. The van der Waals surface area contributed by atoms with E-state index >= 15 is 0 Å². The molecule has 1 aliphatic carbocycles. The summed E-state index contributed by atoms with van der Waals surface area (Å²) < 4.78 is 1.08. The van der Waals surface area contributed by atoms with Crippen LogP contribution in [0.5, 0.6) is 0 Å². The van der Waals surface area contributed by atoms with Gasteiger partial charge in [-0.1, -0.05) is 12.8 Å². The molecule has 0 saturated heterocycles. The fourth-order valence-electron chi connectivity index (χ4n) is 2.06. The van der Waals surface area contributed by atoms with Crippen molar-refractivity contribution in [2.24, 2.45) is 0 Å². The molecule has 3 N–H and O–H groups in total. The zero-order valence-electron chi connectivity index (χ0n) is 9.56. The normalized spacial score (nSPS) is 16.0. The molecule has 1 aromatic rings. The average Bonchev–Trinajstić information content (AvgIpc) is 2.76. The quantitative estimate of drug-likeness (QED) is 0.765. The van der Waals surface area contributed by atoms with E-state index in [0.717, 1.165) is 30.4 Å². The van der Waals surface area contributed by atoms with Gasteiger partial charge < -0.3 is 11.1 Å². The van der Waals surface area contributed by atoms with Gasteiger partial charge in [-0.15, -0.1) is 0 Å². The first-order valence-corrected chi connectivity index (χ1v) is 5.78. The average molecular weight is 236 g/mol. The van der Waals surface area contributed by atoms with Crippen LogP contribution in [-0.2, 0) is 11.3 Å². The zero-order valence-corrected chi connectivity index (χ0v) is 9.56. The highest BCUT2D eigenvalue weighted by Gasteiger charge is 2.17. The third kappa shape index (κ3) is 3.05. The van der Waals surface area contributed by atoms with Gasteiger partial charge in [0.2, 0.25) is 5.91 Å². The summed E-state index contributed by atoms with van der Waals surface area (Å²) in [7, 11) is 0. The summed E-state index contributed by atoms with van der Waals surface area (Å²) in [5.74, 6) is 0.0513. The molecule has 0 spiro atoms. The minimum absolute atomic E-state index is 0.0691. The van der Waals surface area contributed by atoms with Gasteiger partial charge in [0.1, 0.15) is 12.4 Å². The van der Waals surface area contributed by atoms with E-state index in [9.17, 15) is 9.59 Å². The first kappa shape index (κ1) is 11.6. The van der Waals surface area contributed by atoms with Crippen molar-refractivity contribution in [3.63, 3.8) is 0 Å². The molecule has 1 aromatic heterocycles. The molecule has 0 radical (unpaired) electrons. The maximum absolute atomic E-state index is 11.7. The lowest BCUT2D eigenvalue weighted by Crippen LogP contribution is -2.38. The van der Waals surface area contributed by atoms with Crippen LogP contribution in [0.15, 0.2) is 16.9 Å². The number of amides is 1. The molecule has 0 aliphatic heterocycles. The van der Waals surface area contributed by atoms with Crippen molar-refractivity contribution in [2.75, 3.05) is 5.73 Å². The van der Waals surface area contributed by atoms with Gasteiger partial charge in [0.25, 0.3) is 5.56 Å². The monoisotopic (exact) mass is 236 g/mol. The second-order valence-electron chi connectivity index (χ2n) is 4.30. The maximum Gasteiger partial charge on any atom is 0.267 e. The molecule has 0 bridgehead atoms. The summed E-state index contributed by atoms with van der Waals surface area (Å²) in [6, 6.07) is 2.98. The second-order valence-corrected chi connectivity index (χ2v) is 4.30. The van der Waals surface area contributed by atoms with Gasteiger partial charge >= 0.3 is 0 Å². The highest BCUT2D eigenvalue weighted by atomic mass is 16.2. The summed E-state index contributed by atoms with van der Waals surface area (Å²) >= 11 is 0. The molecule has 1 aliphatic rings. The number of hydrogen-bond donors (Lipinski definition) is 2. The number of carbonyl (C=O) groups is 1. The van der Waals surface area contributed by atoms with Gasteiger partial charge in [-0.25, -0.2) is 4.68 Å². The van der Waals surface area contributed by atoms with Crippen LogP contribution in [0.2, 0.25) is 0 Å². The molecule has 1 amide bonds. The Bertz CT molecular complexity index is 463. The van der Waals surface area contributed by atoms with E-state index in [1.165, 1.54) is 12.1 Å². The molecule has 2 rings (SSSR count). The van der Waals surface area contributed by atoms with Gasteiger partial charge in [-0.2, -0.15) is 5.10 Å². The Morgan fingerprint density at radius 3 is 2.88 bits per heavy atom. The number of nitrogens with one attached hydrogen (secondary N) is 1. The van der Waals surface area contributed by atoms with Gasteiger partial charge in [0.05, 0.1) is 0 Å². The summed E-state index contributed by atoms with van der Waals surface area (Å²) in [5, 5.41) is 6.70. The van der Waals surface area contributed by atoms with Gasteiger partial charge in [-0.3, -0.25) is 9.59 Å². The molecule has 0 atom stereocenters. The minimum Gasteiger partial charge on any atom is -0.382 e. The van der Waals surface area contributed by atoms with Crippen LogP contribution in [-0.4, -0.2) is 21.7 Å². The highest BCUT2D eigenvalue weighted by molar-refractivity contribution is 5.75. The molecule has 1 fully saturated rings. The minimum atomic E-state index is -0.319. The molecule has 17 heavy (non-hydrogen) atoms. The van der Waals surface area contributed by atoms with Crippen LogP contribution < -0.4 is 16.6 Å². The van der Waals surface area contributed by atoms with Crippen LogP contribution in [0, 0.1) is 0 Å². The largest absolute Gasteiger partial charge is 0.382 e. The number of aromatic nitrogens is 2. The fourth-order valence-corrected chi connectivity index (χ4v) is 2.06. The topological polar surface area (TPSA) is 90.0 Å². The van der Waals surface area contributed by atoms with Gasteiger partial charge in [0, 0.05) is 12.1 Å². The lowest BCUT2D eigenvalue weighted by Gasteiger charge is -2.12. The number of nitrogens with zero attached hydrogens (tertiary/aromatic N) is 2. The Morgan fingerprint density at radius 1 is 1.47 bits per heavy atom. The number of hydrogen-bond acceptors (Lipinski definition) is 4. The maximum atomic E-state index is 11.7. The number of nitrogen functional groups attached to an aromatic ring is 1. The van der Waals surface area contributed by atoms with E-state index in [2.05, 4.69) is 10.4 Å². The van der Waals surface area contributed by atoms with Crippen LogP contribution in [0.1, 0.15) is 25.7 Å². The smallest absolute Gasteiger partial charge is 0.267 e. The number of nitrogens with two attached hydrogens (primary N) is 1. The Kier molecular flexibility index (Phi) is 3.41. The Balaban J connectivity index is 1.97. The third-order valence-corrected chi connectivity index (χ3v) is 2.90. The van der Waals surface area contributed by atoms with Crippen molar-refractivity contribution in [1.82, 2.24) is 15.1 Å². The zero-order chi connectivity index (χ0) is 12.3. The van der Waals surface area contributed by atoms with Gasteiger partial charge in [-0.05, 0) is 18.9 Å². The molecule has 6 nitrogen and oxygen atoms in total. The van der Waals surface area contributed by atoms with Crippen LogP contribution in [0.25, 0.3) is 0 Å². The van der Waals surface area contributed by atoms with Crippen LogP contribution >= 0.6 is 0 Å². The number of carbonyl (C=O) groups excluding carboxylic acids is 1. The Hall–Kier alpha value is -1.85. The predicted octanol–water partition coefficient (Wildman–Crippen LogP) is -0.116. The lowest BCUT2D eigenvalue weighted by molar-refractivity contribution is -0.122. The molecule has 92 valence electrons. The van der Waals surface area contributed by atoms with Crippen LogP contribution in [0.4, 0.5) is 5.82 Å². The summed E-state index contributed by atoms with van der Waals surface area (Å²) in [5.41, 5.74) is 5.15. The second kappa shape index (κ2) is 4.99. The van der Waals surface area contributed by atoms with E-state index in [1.54, 1.807) is 0 Å². The summed E-state index contributed by atoms with van der Waals surface area (Å²) in [6.07, 6.45) is 4.35. The standard InChI is InChI=1S/C11H16N4O2/c12-9-5-6-11(17)15(14-9)7-10(16)13-8-3-1-2-4-8/h5-6,8H,1-4,7H2,(H2,12,14)(H,13,16). The Labute approximate surface area is 98.8 Å². The van der Waals surface area contributed by atoms with Crippen molar-refractivity contribution in [3.8, 4) is 0 Å². The number of rotatable bonds is 3. The van der Waals surface area contributed by atoms with E-state index in [0.29, 0.717) is 0 Å². The van der Waals surface area contributed by atoms with Crippen molar-refractivity contribution in [2.45, 2.75) is 38.3 Å². The highest BCUT2D eigenvalue weighted by Crippen LogP contribution is 2.17. The van der Waals surface area contributed by atoms with E-state index in [1.807, 2.05) is 0 Å². The molecule has 1 heterocycles. The van der Waals surface area contributed by atoms with Gasteiger partial charge in [0.15, 0.2) is 0 Å². The Morgan fingerprint density at radius 2 is 2.18 bits per heavy atom. The summed E-state index contributed by atoms with van der Waals surface area (Å²) in [4.78, 5) is 23.1. The number of anilines is 1. The third-order valence-electron chi connectivity index (χ3n) is 2.90. The van der Waals surface area contributed by atoms with E-state index in [4.69, 9.17) is 5.73 Å². The van der Waals surface area contributed by atoms with Crippen molar-refractivity contribution in [3.05, 3.63) is 22.5 Å². The van der Waals surface area contributed by atoms with Crippen molar-refractivity contribution < 1.29 is 4.79 Å². The molecule has 0 aromatic carbocycles. The molecular formula is C11H16N4O2. The summed E-state index contributed by atoms with van der Waals surface area (Å²) in [6.45, 7) is -0.0691. The van der Waals surface area contributed by atoms with Crippen LogP contribution in [0.3, 0.4) is 0 Å². The van der Waals surface area contributed by atoms with Crippen molar-refractivity contribution >= 4 is 11.7 Å². The molecule has 1 saturated carbocycles.